The SMILES string of the molecule is C=C(NC=NC(C)(CCCC)CNCC(C)(C)C)NC(=O)CNC1CCc2cc(F)cc(F)c2C1.CCC. The standard InChI is InChI=1S/C27H43F2N5O.C3H8/c1-7-8-11-27(6,17-30-16-26(3,4)5)33-18-32-19(2)34-25(35)15-31-22-10-9-20-12-21(28)13-24(29)23(20)14-22;1-3-2/h12-13,18,22,30-31H,2,7-11,14-17H2,1,3-6H3,(H,32,33)(H,34,35);3H2,1-2H3. The summed E-state index contributed by atoms with van der Waals surface area (Å²) in [6, 6.07) is 2.27. The van der Waals surface area contributed by atoms with Crippen molar-refractivity contribution >= 4 is 12.2 Å². The third kappa shape index (κ3) is 13.5. The van der Waals surface area contributed by atoms with Crippen LogP contribution in [0.4, 0.5) is 8.78 Å². The molecule has 0 saturated carbocycles. The lowest BCUT2D eigenvalue weighted by Gasteiger charge is -2.28. The van der Waals surface area contributed by atoms with Gasteiger partial charge in [-0.25, -0.2) is 8.78 Å². The predicted molar refractivity (Wildman–Crippen MR) is 155 cm³/mol. The second-order valence-corrected chi connectivity index (χ2v) is 11.7. The fourth-order valence-corrected chi connectivity index (χ4v) is 4.18. The fraction of sp³-hybridized carbons (Fsp3) is 0.667. The van der Waals surface area contributed by atoms with Crippen molar-refractivity contribution in [1.29, 1.82) is 0 Å². The van der Waals surface area contributed by atoms with Gasteiger partial charge in [0.1, 0.15) is 17.5 Å². The van der Waals surface area contributed by atoms with Crippen molar-refractivity contribution in [3.63, 3.8) is 0 Å². The minimum atomic E-state index is -0.548. The van der Waals surface area contributed by atoms with E-state index < -0.39 is 11.6 Å². The molecule has 0 heterocycles. The van der Waals surface area contributed by atoms with Gasteiger partial charge in [-0.3, -0.25) is 9.79 Å². The van der Waals surface area contributed by atoms with Gasteiger partial charge in [-0.05, 0) is 55.2 Å². The van der Waals surface area contributed by atoms with Gasteiger partial charge in [-0.1, -0.05) is 67.4 Å². The molecular formula is C30H51F2N5O. The van der Waals surface area contributed by atoms with Gasteiger partial charge >= 0.3 is 0 Å². The minimum absolute atomic E-state index is 0.0455. The number of unbranched alkanes of at least 4 members (excludes halogenated alkanes) is 1. The first-order valence-corrected chi connectivity index (χ1v) is 14.0. The van der Waals surface area contributed by atoms with Crippen molar-refractivity contribution in [3.05, 3.63) is 47.3 Å². The predicted octanol–water partition coefficient (Wildman–Crippen LogP) is 5.62. The molecule has 0 aromatic heterocycles. The number of nitrogens with one attached hydrogen (secondary N) is 4. The van der Waals surface area contributed by atoms with E-state index in [0.717, 1.165) is 38.4 Å². The summed E-state index contributed by atoms with van der Waals surface area (Å²) < 4.78 is 27.5. The van der Waals surface area contributed by atoms with Crippen LogP contribution in [0.3, 0.4) is 0 Å². The highest BCUT2D eigenvalue weighted by molar-refractivity contribution is 5.80. The molecule has 0 aliphatic heterocycles. The summed E-state index contributed by atoms with van der Waals surface area (Å²) in [6.07, 6.45) is 7.72. The summed E-state index contributed by atoms with van der Waals surface area (Å²) in [5.74, 6) is -0.973. The highest BCUT2D eigenvalue weighted by Gasteiger charge is 2.24. The van der Waals surface area contributed by atoms with E-state index in [-0.39, 0.29) is 29.4 Å². The van der Waals surface area contributed by atoms with Gasteiger partial charge in [0.15, 0.2) is 0 Å². The third-order valence-corrected chi connectivity index (χ3v) is 6.15. The van der Waals surface area contributed by atoms with Gasteiger partial charge in [0.2, 0.25) is 5.91 Å². The number of hydrogen-bond donors (Lipinski definition) is 4. The summed E-state index contributed by atoms with van der Waals surface area (Å²) in [6.45, 7) is 20.7. The molecule has 0 radical (unpaired) electrons. The second kappa shape index (κ2) is 16.6. The molecule has 0 fully saturated rings. The van der Waals surface area contributed by atoms with Crippen molar-refractivity contribution in [2.75, 3.05) is 19.6 Å². The van der Waals surface area contributed by atoms with Crippen LogP contribution in [-0.4, -0.2) is 43.5 Å². The Bertz CT molecular complexity index is 913. The van der Waals surface area contributed by atoms with E-state index in [1.165, 1.54) is 12.5 Å². The fourth-order valence-electron chi connectivity index (χ4n) is 4.18. The summed E-state index contributed by atoms with van der Waals surface area (Å²) in [4.78, 5) is 17.1. The largest absolute Gasteiger partial charge is 0.333 e. The van der Waals surface area contributed by atoms with E-state index in [0.29, 0.717) is 36.2 Å². The normalized spacial score (nSPS) is 16.7. The molecule has 4 N–H and O–H groups in total. The van der Waals surface area contributed by atoms with Gasteiger partial charge in [0.05, 0.1) is 18.4 Å². The van der Waals surface area contributed by atoms with E-state index in [1.807, 2.05) is 0 Å². The number of carbonyl (C=O) groups excluding carboxylic acids is 1. The minimum Gasteiger partial charge on any atom is -0.333 e. The highest BCUT2D eigenvalue weighted by Crippen LogP contribution is 2.25. The Balaban J connectivity index is 0.00000229. The summed E-state index contributed by atoms with van der Waals surface area (Å²) in [7, 11) is 0. The Kier molecular flexibility index (Phi) is 14.7. The van der Waals surface area contributed by atoms with Crippen LogP contribution in [0, 0.1) is 17.0 Å². The van der Waals surface area contributed by atoms with Crippen LogP contribution in [0.15, 0.2) is 29.5 Å². The number of halogens is 2. The number of benzene rings is 1. The van der Waals surface area contributed by atoms with Crippen LogP contribution in [-0.2, 0) is 17.6 Å². The average Bonchev–Trinajstić information content (AvgIpc) is 2.81. The molecule has 0 saturated heterocycles. The Morgan fingerprint density at radius 3 is 2.47 bits per heavy atom. The molecule has 2 rings (SSSR count). The highest BCUT2D eigenvalue weighted by atomic mass is 19.1. The van der Waals surface area contributed by atoms with Crippen molar-refractivity contribution < 1.29 is 13.6 Å². The number of rotatable bonds is 13. The molecule has 2 unspecified atom stereocenters. The average molecular weight is 536 g/mol. The van der Waals surface area contributed by atoms with Crippen molar-refractivity contribution in [2.24, 2.45) is 10.4 Å². The molecule has 1 aliphatic rings. The van der Waals surface area contributed by atoms with Gasteiger partial charge < -0.3 is 21.3 Å². The van der Waals surface area contributed by atoms with Gasteiger partial charge in [0.25, 0.3) is 0 Å². The van der Waals surface area contributed by atoms with Crippen molar-refractivity contribution in [2.45, 2.75) is 105 Å². The number of aryl methyl sites for hydroxylation is 1. The Labute approximate surface area is 229 Å². The Morgan fingerprint density at radius 1 is 1.16 bits per heavy atom. The number of hydrogen-bond acceptors (Lipinski definition) is 4. The molecular weight excluding hydrogens is 484 g/mol. The van der Waals surface area contributed by atoms with E-state index in [1.54, 1.807) is 6.34 Å². The first-order valence-electron chi connectivity index (χ1n) is 14.0. The molecule has 1 aromatic rings. The van der Waals surface area contributed by atoms with Gasteiger partial charge in [-0.15, -0.1) is 0 Å². The lowest BCUT2D eigenvalue weighted by atomic mass is 9.88. The first kappa shape index (κ1) is 33.7. The molecule has 6 nitrogen and oxygen atoms in total. The van der Waals surface area contributed by atoms with E-state index in [9.17, 15) is 13.6 Å². The lowest BCUT2D eigenvalue weighted by molar-refractivity contribution is -0.119. The number of carbonyl (C=O) groups is 1. The maximum atomic E-state index is 14.1. The van der Waals surface area contributed by atoms with E-state index in [4.69, 9.17) is 4.99 Å². The van der Waals surface area contributed by atoms with Crippen LogP contribution < -0.4 is 21.3 Å². The molecule has 0 bridgehead atoms. The molecule has 8 heteroatoms. The van der Waals surface area contributed by atoms with Gasteiger partial charge in [-0.2, -0.15) is 0 Å². The molecule has 1 aliphatic carbocycles. The third-order valence-electron chi connectivity index (χ3n) is 6.15. The summed E-state index contributed by atoms with van der Waals surface area (Å²) in [5, 5.41) is 12.4. The van der Waals surface area contributed by atoms with Gasteiger partial charge in [0, 0.05) is 25.2 Å². The maximum Gasteiger partial charge on any atom is 0.239 e. The van der Waals surface area contributed by atoms with Crippen LogP contribution in [0.25, 0.3) is 0 Å². The van der Waals surface area contributed by atoms with Crippen molar-refractivity contribution in [1.82, 2.24) is 21.3 Å². The smallest absolute Gasteiger partial charge is 0.239 e. The number of aliphatic imine (C=N–C) groups is 1. The molecule has 1 aromatic carbocycles. The van der Waals surface area contributed by atoms with Crippen molar-refractivity contribution in [3.8, 4) is 0 Å². The number of nitrogens with zero attached hydrogens (tertiary/aromatic N) is 1. The Hall–Kier alpha value is -2.32. The van der Waals surface area contributed by atoms with E-state index >= 15 is 0 Å². The topological polar surface area (TPSA) is 77.6 Å². The zero-order valence-electron chi connectivity index (χ0n) is 24.7. The van der Waals surface area contributed by atoms with Crippen LogP contribution in [0.2, 0.25) is 0 Å². The first-order chi connectivity index (χ1) is 17.8. The number of fused-ring (bicyclic) bond motifs is 1. The zero-order valence-corrected chi connectivity index (χ0v) is 24.7. The van der Waals surface area contributed by atoms with Crippen LogP contribution >= 0.6 is 0 Å². The number of amides is 1. The molecule has 38 heavy (non-hydrogen) atoms. The molecule has 1 amide bonds. The maximum absolute atomic E-state index is 14.1. The quantitative estimate of drug-likeness (QED) is 0.195. The molecule has 0 spiro atoms. The summed E-state index contributed by atoms with van der Waals surface area (Å²) >= 11 is 0. The summed E-state index contributed by atoms with van der Waals surface area (Å²) in [5.41, 5.74) is 1.19. The van der Waals surface area contributed by atoms with E-state index in [2.05, 4.69) is 76.3 Å². The Morgan fingerprint density at radius 2 is 1.84 bits per heavy atom. The molecule has 2 atom stereocenters. The lowest BCUT2D eigenvalue weighted by Crippen LogP contribution is -2.43. The van der Waals surface area contributed by atoms with Crippen LogP contribution in [0.5, 0.6) is 0 Å². The van der Waals surface area contributed by atoms with Crippen LogP contribution in [0.1, 0.15) is 91.7 Å². The molecule has 216 valence electrons. The monoisotopic (exact) mass is 535 g/mol. The zero-order chi connectivity index (χ0) is 28.8. The second-order valence-electron chi connectivity index (χ2n) is 11.7.